The van der Waals surface area contributed by atoms with Crippen LogP contribution in [-0.2, 0) is 0 Å². The molecule has 130 valence electrons. The molecule has 0 atom stereocenters. The molecule has 0 amide bonds. The summed E-state index contributed by atoms with van der Waals surface area (Å²) in [5.74, 6) is -2.22. The maximum atomic E-state index is 12.3. The zero-order chi connectivity index (χ0) is 18.5. The highest BCUT2D eigenvalue weighted by Crippen LogP contribution is 2.29. The van der Waals surface area contributed by atoms with Gasteiger partial charge < -0.3 is 19.7 Å². The van der Waals surface area contributed by atoms with E-state index in [9.17, 15) is 19.8 Å². The molecule has 0 unspecified atom stereocenters. The quantitative estimate of drug-likeness (QED) is 0.552. The van der Waals surface area contributed by atoms with Crippen LogP contribution < -0.4 is 9.47 Å². The highest BCUT2D eigenvalue weighted by molar-refractivity contribution is 6.00. The topological polar surface area (TPSA) is 93.1 Å². The minimum atomic E-state index is -0.873. The van der Waals surface area contributed by atoms with Crippen LogP contribution in [0.3, 0.4) is 0 Å². The second kappa shape index (κ2) is 7.40. The fourth-order valence-electron chi connectivity index (χ4n) is 2.21. The van der Waals surface area contributed by atoms with E-state index >= 15 is 0 Å². The minimum absolute atomic E-state index is 0.272. The molecule has 0 saturated heterocycles. The molecule has 3 aromatic rings. The molecule has 3 rings (SSSR count). The summed E-state index contributed by atoms with van der Waals surface area (Å²) in [5.41, 5.74) is -0.543. The van der Waals surface area contributed by atoms with Crippen LogP contribution in [0.1, 0.15) is 20.7 Å². The van der Waals surface area contributed by atoms with E-state index in [0.29, 0.717) is 0 Å². The van der Waals surface area contributed by atoms with Crippen molar-refractivity contribution in [1.29, 1.82) is 0 Å². The molecule has 3 aromatic carbocycles. The summed E-state index contributed by atoms with van der Waals surface area (Å²) in [6.07, 6.45) is 0. The fourth-order valence-corrected chi connectivity index (χ4v) is 2.21. The molecule has 0 heterocycles. The Labute approximate surface area is 148 Å². The fraction of sp³-hybridized carbons (Fsp3) is 0. The molecule has 0 aliphatic rings. The van der Waals surface area contributed by atoms with Crippen LogP contribution in [0.5, 0.6) is 23.0 Å². The predicted molar refractivity (Wildman–Crippen MR) is 92.6 cm³/mol. The molecule has 0 aromatic heterocycles. The largest absolute Gasteiger partial charge is 0.507 e. The number of para-hydroxylation sites is 2. The first-order valence-corrected chi connectivity index (χ1v) is 7.65. The van der Waals surface area contributed by atoms with Crippen LogP contribution in [0.4, 0.5) is 0 Å². The lowest BCUT2D eigenvalue weighted by Gasteiger charge is -2.10. The molecule has 2 N–H and O–H groups in total. The number of esters is 2. The average Bonchev–Trinajstić information content (AvgIpc) is 2.63. The highest BCUT2D eigenvalue weighted by atomic mass is 16.5. The second-order valence-electron chi connectivity index (χ2n) is 5.29. The van der Waals surface area contributed by atoms with Crippen molar-refractivity contribution >= 4 is 11.9 Å². The Bertz CT molecular complexity index is 861. The van der Waals surface area contributed by atoms with Gasteiger partial charge in [0.15, 0.2) is 0 Å². The Morgan fingerprint density at radius 1 is 0.615 bits per heavy atom. The predicted octanol–water partition coefficient (Wildman–Crippen LogP) is 3.54. The van der Waals surface area contributed by atoms with Crippen molar-refractivity contribution in [2.24, 2.45) is 0 Å². The molecule has 0 fully saturated rings. The van der Waals surface area contributed by atoms with Gasteiger partial charge in [-0.1, -0.05) is 36.4 Å². The first-order chi connectivity index (χ1) is 12.5. The summed E-state index contributed by atoms with van der Waals surface area (Å²) in [5, 5.41) is 19.8. The van der Waals surface area contributed by atoms with Gasteiger partial charge in [0.1, 0.15) is 34.1 Å². The van der Waals surface area contributed by atoms with Crippen LogP contribution in [0.2, 0.25) is 0 Å². The Morgan fingerprint density at radius 3 is 1.38 bits per heavy atom. The summed E-state index contributed by atoms with van der Waals surface area (Å²) >= 11 is 0. The van der Waals surface area contributed by atoms with Crippen LogP contribution in [0.25, 0.3) is 0 Å². The molecule has 6 nitrogen and oxygen atoms in total. The van der Waals surface area contributed by atoms with Crippen molar-refractivity contribution in [3.8, 4) is 23.0 Å². The maximum Gasteiger partial charge on any atom is 0.347 e. The van der Waals surface area contributed by atoms with Gasteiger partial charge in [0.25, 0.3) is 0 Å². The van der Waals surface area contributed by atoms with Gasteiger partial charge in [0, 0.05) is 6.07 Å². The molecule has 0 bridgehead atoms. The van der Waals surface area contributed by atoms with Crippen molar-refractivity contribution < 1.29 is 29.3 Å². The van der Waals surface area contributed by atoms with Crippen LogP contribution in [0, 0.1) is 0 Å². The van der Waals surface area contributed by atoms with E-state index in [4.69, 9.17) is 9.47 Å². The highest BCUT2D eigenvalue weighted by Gasteiger charge is 2.22. The number of carbonyl (C=O) groups excluding carboxylic acids is 2. The number of carbonyl (C=O) groups is 2. The number of rotatable bonds is 4. The summed E-state index contributed by atoms with van der Waals surface area (Å²) < 4.78 is 10.3. The van der Waals surface area contributed by atoms with E-state index in [2.05, 4.69) is 0 Å². The zero-order valence-corrected chi connectivity index (χ0v) is 13.5. The van der Waals surface area contributed by atoms with Gasteiger partial charge in [-0.15, -0.1) is 0 Å². The van der Waals surface area contributed by atoms with Gasteiger partial charge in [0.2, 0.25) is 0 Å². The zero-order valence-electron chi connectivity index (χ0n) is 13.5. The third kappa shape index (κ3) is 3.81. The number of ether oxygens (including phenoxy) is 2. The lowest BCUT2D eigenvalue weighted by atomic mass is 10.1. The molecular formula is C20H14O6. The number of hydrogen-bond donors (Lipinski definition) is 2. The van der Waals surface area contributed by atoms with Gasteiger partial charge in [-0.3, -0.25) is 0 Å². The van der Waals surface area contributed by atoms with Crippen LogP contribution in [0.15, 0.2) is 72.8 Å². The first kappa shape index (κ1) is 17.0. The van der Waals surface area contributed by atoms with Crippen molar-refractivity contribution in [3.63, 3.8) is 0 Å². The molecule has 0 spiro atoms. The standard InChI is InChI=1S/C20H14O6/c21-17-12-18(22)16(20(24)26-14-9-5-2-6-10-14)11-15(17)19(23)25-13-7-3-1-4-8-13/h1-12,21-22H. The van der Waals surface area contributed by atoms with E-state index in [1.807, 2.05) is 0 Å². The smallest absolute Gasteiger partial charge is 0.347 e. The third-order valence-electron chi connectivity index (χ3n) is 3.46. The number of benzene rings is 3. The number of phenolic OH excluding ortho intramolecular Hbond substituents is 2. The molecular weight excluding hydrogens is 336 g/mol. The molecule has 6 heteroatoms. The molecule has 0 saturated carbocycles. The lowest BCUT2D eigenvalue weighted by molar-refractivity contribution is 0.0731. The van der Waals surface area contributed by atoms with Gasteiger partial charge in [-0.05, 0) is 30.3 Å². The SMILES string of the molecule is O=C(Oc1ccccc1)c1cc(C(=O)Oc2ccccc2)c(O)cc1O. The Balaban J connectivity index is 1.87. The molecule has 0 radical (unpaired) electrons. The average molecular weight is 350 g/mol. The minimum Gasteiger partial charge on any atom is -0.507 e. The van der Waals surface area contributed by atoms with E-state index in [-0.39, 0.29) is 22.6 Å². The number of phenols is 2. The van der Waals surface area contributed by atoms with Crippen molar-refractivity contribution in [3.05, 3.63) is 83.9 Å². The first-order valence-electron chi connectivity index (χ1n) is 7.65. The monoisotopic (exact) mass is 350 g/mol. The second-order valence-corrected chi connectivity index (χ2v) is 5.29. The van der Waals surface area contributed by atoms with Crippen LogP contribution in [-0.4, -0.2) is 22.2 Å². The van der Waals surface area contributed by atoms with E-state index < -0.39 is 23.4 Å². The summed E-state index contributed by atoms with van der Waals surface area (Å²) in [6, 6.07) is 18.4. The number of hydrogen-bond acceptors (Lipinski definition) is 6. The summed E-state index contributed by atoms with van der Waals surface area (Å²) in [7, 11) is 0. The molecule has 0 aliphatic heterocycles. The Hall–Kier alpha value is -3.80. The van der Waals surface area contributed by atoms with Crippen molar-refractivity contribution in [2.75, 3.05) is 0 Å². The van der Waals surface area contributed by atoms with Crippen molar-refractivity contribution in [1.82, 2.24) is 0 Å². The summed E-state index contributed by atoms with van der Waals surface area (Å²) in [6.45, 7) is 0. The lowest BCUT2D eigenvalue weighted by Crippen LogP contribution is -2.13. The maximum absolute atomic E-state index is 12.3. The number of aromatic hydroxyl groups is 2. The van der Waals surface area contributed by atoms with E-state index in [1.165, 1.54) is 0 Å². The van der Waals surface area contributed by atoms with Crippen LogP contribution >= 0.6 is 0 Å². The Kier molecular flexibility index (Phi) is 4.85. The normalized spacial score (nSPS) is 10.2. The molecule has 0 aliphatic carbocycles. The van der Waals surface area contributed by atoms with Gasteiger partial charge in [-0.2, -0.15) is 0 Å². The van der Waals surface area contributed by atoms with Crippen molar-refractivity contribution in [2.45, 2.75) is 0 Å². The van der Waals surface area contributed by atoms with Gasteiger partial charge in [0.05, 0.1) is 0 Å². The van der Waals surface area contributed by atoms with Gasteiger partial charge >= 0.3 is 11.9 Å². The molecule has 26 heavy (non-hydrogen) atoms. The Morgan fingerprint density at radius 2 is 1.00 bits per heavy atom. The summed E-state index contributed by atoms with van der Waals surface area (Å²) in [4.78, 5) is 24.5. The van der Waals surface area contributed by atoms with E-state index in [0.717, 1.165) is 12.1 Å². The van der Waals surface area contributed by atoms with Gasteiger partial charge in [-0.25, -0.2) is 9.59 Å². The van der Waals surface area contributed by atoms with E-state index in [1.54, 1.807) is 60.7 Å². The third-order valence-corrected chi connectivity index (χ3v) is 3.46.